The van der Waals surface area contributed by atoms with Crippen molar-refractivity contribution in [1.29, 1.82) is 0 Å². The van der Waals surface area contributed by atoms with Gasteiger partial charge in [-0.1, -0.05) is 0 Å². The molecule has 62 valence electrons. The fourth-order valence-corrected chi connectivity index (χ4v) is 0.635. The van der Waals surface area contributed by atoms with Gasteiger partial charge in [-0.2, -0.15) is 0 Å². The summed E-state index contributed by atoms with van der Waals surface area (Å²) in [7, 11) is 1.60. The lowest BCUT2D eigenvalue weighted by molar-refractivity contribution is -0.0317. The van der Waals surface area contributed by atoms with Crippen molar-refractivity contribution in [2.45, 2.75) is 19.3 Å². The summed E-state index contributed by atoms with van der Waals surface area (Å²) >= 11 is 0. The van der Waals surface area contributed by atoms with Crippen LogP contribution in [0.4, 0.5) is 0 Å². The molecule has 3 heteroatoms. The van der Waals surface area contributed by atoms with Crippen LogP contribution < -0.4 is 0 Å². The second-order valence-electron chi connectivity index (χ2n) is 2.10. The molecule has 0 saturated carbocycles. The fourth-order valence-electron chi connectivity index (χ4n) is 0.635. The van der Waals surface area contributed by atoms with Crippen LogP contribution in [0, 0.1) is 0 Å². The van der Waals surface area contributed by atoms with Crippen LogP contribution in [-0.4, -0.2) is 32.2 Å². The van der Waals surface area contributed by atoms with Gasteiger partial charge in [-0.25, -0.2) is 0 Å². The molecule has 0 aromatic rings. The molecule has 0 saturated heterocycles. The monoisotopic (exact) mass is 148 g/mol. The Morgan fingerprint density at radius 1 is 1.20 bits per heavy atom. The van der Waals surface area contributed by atoms with Gasteiger partial charge in [0.1, 0.15) is 6.79 Å². The summed E-state index contributed by atoms with van der Waals surface area (Å²) in [5.41, 5.74) is 0. The molecule has 0 amide bonds. The van der Waals surface area contributed by atoms with E-state index in [-0.39, 0.29) is 6.61 Å². The minimum absolute atomic E-state index is 0.282. The van der Waals surface area contributed by atoms with Crippen molar-refractivity contribution < 1.29 is 14.6 Å². The third-order valence-electron chi connectivity index (χ3n) is 1.15. The molecule has 0 aliphatic carbocycles. The largest absolute Gasteiger partial charge is 0.396 e. The van der Waals surface area contributed by atoms with Crippen molar-refractivity contribution in [3.05, 3.63) is 0 Å². The normalized spacial score (nSPS) is 10.2. The van der Waals surface area contributed by atoms with E-state index >= 15 is 0 Å². The third kappa shape index (κ3) is 7.88. The topological polar surface area (TPSA) is 38.7 Å². The van der Waals surface area contributed by atoms with E-state index in [2.05, 4.69) is 4.74 Å². The highest BCUT2D eigenvalue weighted by molar-refractivity contribution is 4.37. The van der Waals surface area contributed by atoms with Gasteiger partial charge in [0, 0.05) is 20.3 Å². The smallest absolute Gasteiger partial charge is 0.146 e. The third-order valence-corrected chi connectivity index (χ3v) is 1.15. The first-order valence-corrected chi connectivity index (χ1v) is 3.59. The first-order chi connectivity index (χ1) is 4.91. The molecule has 0 rings (SSSR count). The van der Waals surface area contributed by atoms with E-state index in [1.165, 1.54) is 0 Å². The minimum Gasteiger partial charge on any atom is -0.396 e. The van der Waals surface area contributed by atoms with Crippen LogP contribution in [0.25, 0.3) is 0 Å². The zero-order chi connectivity index (χ0) is 7.66. The summed E-state index contributed by atoms with van der Waals surface area (Å²) in [6, 6.07) is 0. The average Bonchev–Trinajstić information content (AvgIpc) is 1.97. The summed E-state index contributed by atoms with van der Waals surface area (Å²) in [6.07, 6.45) is 2.90. The molecule has 0 heterocycles. The number of ether oxygens (including phenoxy) is 2. The molecule has 0 fully saturated rings. The van der Waals surface area contributed by atoms with E-state index in [4.69, 9.17) is 9.84 Å². The standard InChI is InChI=1S/C7H16O3/c1-9-7-10-6-4-2-3-5-8/h8H,2-7H2,1H3. The molecule has 0 aromatic carbocycles. The number of unbranched alkanes of at least 4 members (excludes halogenated alkanes) is 2. The van der Waals surface area contributed by atoms with Crippen LogP contribution in [0.2, 0.25) is 0 Å². The molecule has 0 spiro atoms. The van der Waals surface area contributed by atoms with E-state index in [1.807, 2.05) is 0 Å². The highest BCUT2D eigenvalue weighted by Gasteiger charge is 1.87. The summed E-state index contributed by atoms with van der Waals surface area (Å²) in [5, 5.41) is 8.40. The molecule has 0 radical (unpaired) electrons. The second kappa shape index (κ2) is 8.88. The molecule has 1 N–H and O–H groups in total. The van der Waals surface area contributed by atoms with Gasteiger partial charge >= 0.3 is 0 Å². The summed E-state index contributed by atoms with van der Waals surface area (Å²) in [5.74, 6) is 0. The van der Waals surface area contributed by atoms with Gasteiger partial charge in [-0.15, -0.1) is 0 Å². The van der Waals surface area contributed by atoms with Crippen molar-refractivity contribution in [3.8, 4) is 0 Å². The van der Waals surface area contributed by atoms with Crippen LogP contribution in [-0.2, 0) is 9.47 Å². The Labute approximate surface area is 62.0 Å². The van der Waals surface area contributed by atoms with Gasteiger partial charge < -0.3 is 14.6 Å². The van der Waals surface area contributed by atoms with Gasteiger partial charge in [0.05, 0.1) is 0 Å². The van der Waals surface area contributed by atoms with E-state index in [0.29, 0.717) is 6.79 Å². The lowest BCUT2D eigenvalue weighted by Crippen LogP contribution is -1.98. The van der Waals surface area contributed by atoms with Gasteiger partial charge in [0.15, 0.2) is 0 Å². The number of aliphatic hydroxyl groups excluding tert-OH is 1. The lowest BCUT2D eigenvalue weighted by Gasteiger charge is -2.00. The predicted octanol–water partition coefficient (Wildman–Crippen LogP) is 0.769. The zero-order valence-corrected chi connectivity index (χ0v) is 6.51. The number of aliphatic hydroxyl groups is 1. The van der Waals surface area contributed by atoms with E-state index in [9.17, 15) is 0 Å². The molecule has 10 heavy (non-hydrogen) atoms. The van der Waals surface area contributed by atoms with E-state index in [1.54, 1.807) is 7.11 Å². The Morgan fingerprint density at radius 2 is 2.00 bits per heavy atom. The van der Waals surface area contributed by atoms with Crippen LogP contribution in [0.5, 0.6) is 0 Å². The van der Waals surface area contributed by atoms with E-state index < -0.39 is 0 Å². The Bertz CT molecular complexity index is 48.8. The van der Waals surface area contributed by atoms with Gasteiger partial charge in [-0.05, 0) is 19.3 Å². The van der Waals surface area contributed by atoms with E-state index in [0.717, 1.165) is 25.9 Å². The van der Waals surface area contributed by atoms with Crippen LogP contribution in [0.1, 0.15) is 19.3 Å². The fraction of sp³-hybridized carbons (Fsp3) is 1.00. The summed E-state index contributed by atoms with van der Waals surface area (Å²) in [6.45, 7) is 1.39. The summed E-state index contributed by atoms with van der Waals surface area (Å²) < 4.78 is 9.70. The molecular weight excluding hydrogens is 132 g/mol. The van der Waals surface area contributed by atoms with Crippen molar-refractivity contribution in [2.24, 2.45) is 0 Å². The number of hydrogen-bond donors (Lipinski definition) is 1. The van der Waals surface area contributed by atoms with Gasteiger partial charge in [-0.3, -0.25) is 0 Å². The Kier molecular flexibility index (Phi) is 8.77. The molecule has 0 aliphatic heterocycles. The maximum Gasteiger partial charge on any atom is 0.146 e. The van der Waals surface area contributed by atoms with Crippen LogP contribution in [0.3, 0.4) is 0 Å². The van der Waals surface area contributed by atoms with Crippen molar-refractivity contribution in [3.63, 3.8) is 0 Å². The Balaban J connectivity index is 2.65. The molecule has 0 atom stereocenters. The van der Waals surface area contributed by atoms with Crippen LogP contribution >= 0.6 is 0 Å². The van der Waals surface area contributed by atoms with Crippen molar-refractivity contribution >= 4 is 0 Å². The summed E-state index contributed by atoms with van der Waals surface area (Å²) in [4.78, 5) is 0. The maximum absolute atomic E-state index is 8.40. The molecule has 0 unspecified atom stereocenters. The Morgan fingerprint density at radius 3 is 2.60 bits per heavy atom. The van der Waals surface area contributed by atoms with Gasteiger partial charge in [0.2, 0.25) is 0 Å². The average molecular weight is 148 g/mol. The lowest BCUT2D eigenvalue weighted by atomic mass is 10.2. The molecule has 3 nitrogen and oxygen atoms in total. The predicted molar refractivity (Wildman–Crippen MR) is 38.8 cm³/mol. The number of hydrogen-bond acceptors (Lipinski definition) is 3. The number of methoxy groups -OCH3 is 1. The molecule has 0 aromatic heterocycles. The Hall–Kier alpha value is -0.120. The molecular formula is C7H16O3. The first kappa shape index (κ1) is 9.88. The van der Waals surface area contributed by atoms with Crippen LogP contribution in [0.15, 0.2) is 0 Å². The highest BCUT2D eigenvalue weighted by atomic mass is 16.7. The first-order valence-electron chi connectivity index (χ1n) is 3.59. The molecule has 0 aliphatic rings. The highest BCUT2D eigenvalue weighted by Crippen LogP contribution is 1.93. The maximum atomic E-state index is 8.40. The second-order valence-corrected chi connectivity index (χ2v) is 2.10. The number of rotatable bonds is 7. The molecule has 0 bridgehead atoms. The zero-order valence-electron chi connectivity index (χ0n) is 6.51. The van der Waals surface area contributed by atoms with Gasteiger partial charge in [0.25, 0.3) is 0 Å². The van der Waals surface area contributed by atoms with Crippen molar-refractivity contribution in [2.75, 3.05) is 27.1 Å². The minimum atomic E-state index is 0.282. The quantitative estimate of drug-likeness (QED) is 0.428. The SMILES string of the molecule is COCOCCCCCO. The van der Waals surface area contributed by atoms with Crippen molar-refractivity contribution in [1.82, 2.24) is 0 Å².